The molecule has 1 rings (SSSR count). The van der Waals surface area contributed by atoms with Crippen molar-refractivity contribution in [3.63, 3.8) is 0 Å². The Labute approximate surface area is 86.0 Å². The van der Waals surface area contributed by atoms with Crippen molar-refractivity contribution >= 4 is 33.8 Å². The average Bonchev–Trinajstić information content (AvgIpc) is 2.08. The van der Waals surface area contributed by atoms with E-state index in [0.29, 0.717) is 10.8 Å². The van der Waals surface area contributed by atoms with Gasteiger partial charge in [-0.05, 0) is 22.0 Å². The molecule has 0 aliphatic carbocycles. The first kappa shape index (κ1) is 10.5. The van der Waals surface area contributed by atoms with E-state index in [9.17, 15) is 13.6 Å². The fraction of sp³-hybridized carbons (Fsp3) is 0.143. The lowest BCUT2D eigenvalue weighted by Crippen LogP contribution is -1.98. The summed E-state index contributed by atoms with van der Waals surface area (Å²) in [7, 11) is 0. The van der Waals surface area contributed by atoms with Gasteiger partial charge in [-0.15, -0.1) is 0 Å². The van der Waals surface area contributed by atoms with E-state index >= 15 is 0 Å². The van der Waals surface area contributed by atoms with Crippen molar-refractivity contribution in [1.29, 1.82) is 0 Å². The van der Waals surface area contributed by atoms with Gasteiger partial charge in [0, 0.05) is 5.56 Å². The Bertz CT molecular complexity index is 346. The fourth-order valence-corrected chi connectivity index (χ4v) is 1.24. The molecule has 1 aromatic rings. The minimum Gasteiger partial charge on any atom is -0.298 e. The van der Waals surface area contributed by atoms with Crippen LogP contribution in [0, 0.1) is 0 Å². The van der Waals surface area contributed by atoms with E-state index in [-0.39, 0.29) is 10.7 Å². The predicted octanol–water partition coefficient (Wildman–Crippen LogP) is 3.25. The summed E-state index contributed by atoms with van der Waals surface area (Å²) in [6, 6.07) is 1.21. The van der Waals surface area contributed by atoms with E-state index < -0.39 is 12.1 Å². The topological polar surface area (TPSA) is 30.0 Å². The SMILES string of the molecule is O=Cc1cc(Br)c(Cl)nc1C(F)F. The predicted molar refractivity (Wildman–Crippen MR) is 47.3 cm³/mol. The number of halogens is 4. The highest BCUT2D eigenvalue weighted by Gasteiger charge is 2.16. The van der Waals surface area contributed by atoms with Crippen LogP contribution in [0.2, 0.25) is 5.15 Å². The molecule has 0 amide bonds. The van der Waals surface area contributed by atoms with E-state index in [4.69, 9.17) is 11.6 Å². The molecule has 0 saturated heterocycles. The van der Waals surface area contributed by atoms with Crippen molar-refractivity contribution in [2.45, 2.75) is 6.43 Å². The van der Waals surface area contributed by atoms with Gasteiger partial charge in [-0.2, -0.15) is 0 Å². The normalized spacial score (nSPS) is 10.5. The third-order valence-electron chi connectivity index (χ3n) is 1.33. The molecule has 0 atom stereocenters. The number of pyridine rings is 1. The fourth-order valence-electron chi connectivity index (χ4n) is 0.763. The van der Waals surface area contributed by atoms with E-state index in [1.54, 1.807) is 0 Å². The molecule has 0 unspecified atom stereocenters. The average molecular weight is 270 g/mol. The van der Waals surface area contributed by atoms with Crippen LogP contribution in [0.4, 0.5) is 8.78 Å². The van der Waals surface area contributed by atoms with Gasteiger partial charge in [0.2, 0.25) is 0 Å². The van der Waals surface area contributed by atoms with Gasteiger partial charge >= 0.3 is 0 Å². The van der Waals surface area contributed by atoms with Gasteiger partial charge in [-0.1, -0.05) is 11.6 Å². The second-order valence-electron chi connectivity index (χ2n) is 2.15. The van der Waals surface area contributed by atoms with E-state index in [1.807, 2.05) is 0 Å². The summed E-state index contributed by atoms with van der Waals surface area (Å²) in [5.74, 6) is 0. The Kier molecular flexibility index (Phi) is 3.33. The number of carbonyl (C=O) groups excluding carboxylic acids is 1. The highest BCUT2D eigenvalue weighted by Crippen LogP contribution is 2.27. The number of hydrogen-bond donors (Lipinski definition) is 0. The molecule has 1 aromatic heterocycles. The van der Waals surface area contributed by atoms with Crippen LogP contribution < -0.4 is 0 Å². The Balaban J connectivity index is 3.32. The van der Waals surface area contributed by atoms with Crippen molar-refractivity contribution in [2.75, 3.05) is 0 Å². The van der Waals surface area contributed by atoms with Crippen molar-refractivity contribution in [3.05, 3.63) is 26.9 Å². The molecule has 0 bridgehead atoms. The molecule has 6 heteroatoms. The van der Waals surface area contributed by atoms with Gasteiger partial charge in [0.15, 0.2) is 6.29 Å². The van der Waals surface area contributed by atoms with Crippen molar-refractivity contribution in [3.8, 4) is 0 Å². The van der Waals surface area contributed by atoms with E-state index in [2.05, 4.69) is 20.9 Å². The molecule has 13 heavy (non-hydrogen) atoms. The molecule has 0 radical (unpaired) electrons. The zero-order chi connectivity index (χ0) is 10.0. The summed E-state index contributed by atoms with van der Waals surface area (Å²) in [4.78, 5) is 13.7. The monoisotopic (exact) mass is 269 g/mol. The maximum absolute atomic E-state index is 12.2. The second kappa shape index (κ2) is 4.11. The molecule has 0 spiro atoms. The quantitative estimate of drug-likeness (QED) is 0.610. The van der Waals surface area contributed by atoms with E-state index in [0.717, 1.165) is 0 Å². The van der Waals surface area contributed by atoms with Crippen LogP contribution >= 0.6 is 27.5 Å². The number of hydrogen-bond acceptors (Lipinski definition) is 2. The lowest BCUT2D eigenvalue weighted by atomic mass is 10.2. The lowest BCUT2D eigenvalue weighted by molar-refractivity contribution is 0.110. The number of aldehydes is 1. The molecular weight excluding hydrogens is 267 g/mol. The zero-order valence-electron chi connectivity index (χ0n) is 6.10. The molecular formula is C7H3BrClF2NO. The molecule has 0 aliphatic heterocycles. The molecule has 1 heterocycles. The van der Waals surface area contributed by atoms with Crippen molar-refractivity contribution in [1.82, 2.24) is 4.98 Å². The standard InChI is InChI=1S/C7H3BrClF2NO/c8-4-1-3(2-13)5(7(10)11)12-6(4)9/h1-2,7H. The Morgan fingerprint density at radius 1 is 1.62 bits per heavy atom. The number of rotatable bonds is 2. The van der Waals surface area contributed by atoms with Crippen LogP contribution in [0.1, 0.15) is 22.5 Å². The van der Waals surface area contributed by atoms with Gasteiger partial charge in [-0.25, -0.2) is 13.8 Å². The van der Waals surface area contributed by atoms with Gasteiger partial charge < -0.3 is 0 Å². The van der Waals surface area contributed by atoms with Crippen LogP contribution in [0.15, 0.2) is 10.5 Å². The number of nitrogens with zero attached hydrogens (tertiary/aromatic N) is 1. The van der Waals surface area contributed by atoms with Gasteiger partial charge in [0.25, 0.3) is 6.43 Å². The maximum Gasteiger partial charge on any atom is 0.281 e. The first-order valence-electron chi connectivity index (χ1n) is 3.15. The van der Waals surface area contributed by atoms with Crippen LogP contribution in [-0.2, 0) is 0 Å². The molecule has 0 aliphatic rings. The number of carbonyl (C=O) groups is 1. The molecule has 0 saturated carbocycles. The minimum atomic E-state index is -2.80. The van der Waals surface area contributed by atoms with Gasteiger partial charge in [0.1, 0.15) is 10.8 Å². The van der Waals surface area contributed by atoms with Crippen LogP contribution in [-0.4, -0.2) is 11.3 Å². The summed E-state index contributed by atoms with van der Waals surface area (Å²) < 4.78 is 24.8. The largest absolute Gasteiger partial charge is 0.298 e. The Hall–Kier alpha value is -0.550. The molecule has 0 aromatic carbocycles. The molecule has 0 N–H and O–H groups in total. The first-order chi connectivity index (χ1) is 6.06. The van der Waals surface area contributed by atoms with Gasteiger partial charge in [-0.3, -0.25) is 4.79 Å². The Morgan fingerprint density at radius 3 is 2.69 bits per heavy atom. The van der Waals surface area contributed by atoms with Gasteiger partial charge in [0.05, 0.1) is 4.47 Å². The summed E-state index contributed by atoms with van der Waals surface area (Å²) in [6.07, 6.45) is -2.49. The minimum absolute atomic E-state index is 0.0825. The number of aromatic nitrogens is 1. The third-order valence-corrected chi connectivity index (χ3v) is 2.45. The van der Waals surface area contributed by atoms with Crippen LogP contribution in [0.3, 0.4) is 0 Å². The number of alkyl halides is 2. The van der Waals surface area contributed by atoms with Crippen molar-refractivity contribution < 1.29 is 13.6 Å². The van der Waals surface area contributed by atoms with Crippen LogP contribution in [0.5, 0.6) is 0 Å². The van der Waals surface area contributed by atoms with E-state index in [1.165, 1.54) is 6.07 Å². The summed E-state index contributed by atoms with van der Waals surface area (Å²) in [5, 5.41) is -0.0825. The lowest BCUT2D eigenvalue weighted by Gasteiger charge is -2.03. The van der Waals surface area contributed by atoms with Crippen LogP contribution in [0.25, 0.3) is 0 Å². The summed E-state index contributed by atoms with van der Waals surface area (Å²) >= 11 is 8.45. The smallest absolute Gasteiger partial charge is 0.281 e. The third kappa shape index (κ3) is 2.22. The molecule has 0 fully saturated rings. The first-order valence-corrected chi connectivity index (χ1v) is 4.32. The summed E-state index contributed by atoms with van der Waals surface area (Å²) in [5.41, 5.74) is -0.755. The maximum atomic E-state index is 12.2. The summed E-state index contributed by atoms with van der Waals surface area (Å²) in [6.45, 7) is 0. The molecule has 2 nitrogen and oxygen atoms in total. The molecule has 70 valence electrons. The highest BCUT2D eigenvalue weighted by atomic mass is 79.9. The zero-order valence-corrected chi connectivity index (χ0v) is 8.44. The Morgan fingerprint density at radius 2 is 2.23 bits per heavy atom. The highest BCUT2D eigenvalue weighted by molar-refractivity contribution is 9.10. The van der Waals surface area contributed by atoms with Crippen molar-refractivity contribution in [2.24, 2.45) is 0 Å². The second-order valence-corrected chi connectivity index (χ2v) is 3.37.